The first kappa shape index (κ1) is 13.0. The molecule has 0 amide bonds. The van der Waals surface area contributed by atoms with Gasteiger partial charge in [-0.25, -0.2) is 0 Å². The number of aromatic nitrogens is 1. The lowest BCUT2D eigenvalue weighted by Crippen LogP contribution is -2.24. The first-order valence-electron chi connectivity index (χ1n) is 4.11. The van der Waals surface area contributed by atoms with Gasteiger partial charge in [0.25, 0.3) is 11.2 Å². The van der Waals surface area contributed by atoms with E-state index in [1.54, 1.807) is 0 Å². The third kappa shape index (κ3) is 3.17. The van der Waals surface area contributed by atoms with Gasteiger partial charge in [0.2, 0.25) is 5.75 Å². The van der Waals surface area contributed by atoms with Crippen molar-refractivity contribution in [2.45, 2.75) is 12.9 Å². The number of ether oxygens (including phenoxy) is 1. The molecule has 1 rings (SSSR count). The topological polar surface area (TPSA) is 111 Å². The van der Waals surface area contributed by atoms with Gasteiger partial charge in [-0.1, -0.05) is 0 Å². The molecule has 1 heterocycles. The molecule has 1 aromatic heterocycles. The number of rotatable bonds is 3. The lowest BCUT2D eigenvalue weighted by Gasteiger charge is -2.08. The number of aromatic amines is 1. The number of hydrogen-bond donors (Lipinski definition) is 2. The molecule has 1 aromatic rings. The molecule has 7 nitrogen and oxygen atoms in total. The van der Waals surface area contributed by atoms with Crippen molar-refractivity contribution in [2.24, 2.45) is 5.73 Å². The molecule has 17 heavy (non-hydrogen) atoms. The van der Waals surface area contributed by atoms with Crippen LogP contribution < -0.4 is 16.0 Å². The van der Waals surface area contributed by atoms with Gasteiger partial charge in [0.05, 0.1) is 11.0 Å². The molecule has 0 saturated heterocycles. The summed E-state index contributed by atoms with van der Waals surface area (Å²) in [5.74, 6) is -1.21. The summed E-state index contributed by atoms with van der Waals surface area (Å²) in [4.78, 5) is 22.5. The number of nitrogens with one attached hydrogen (secondary N) is 1. The highest BCUT2D eigenvalue weighted by atomic mass is 19.4. The first-order chi connectivity index (χ1) is 7.74. The van der Waals surface area contributed by atoms with Gasteiger partial charge in [0.1, 0.15) is 5.69 Å². The monoisotopic (exact) mass is 253 g/mol. The molecular formula is C7H6F3N3O4. The van der Waals surface area contributed by atoms with Crippen molar-refractivity contribution < 1.29 is 22.8 Å². The second kappa shape index (κ2) is 4.41. The minimum absolute atomic E-state index is 0.283. The van der Waals surface area contributed by atoms with Gasteiger partial charge >= 0.3 is 6.36 Å². The zero-order valence-electron chi connectivity index (χ0n) is 8.08. The molecule has 10 heteroatoms. The van der Waals surface area contributed by atoms with Crippen molar-refractivity contribution in [3.8, 4) is 5.75 Å². The summed E-state index contributed by atoms with van der Waals surface area (Å²) in [6.45, 7) is -0.391. The highest BCUT2D eigenvalue weighted by Crippen LogP contribution is 2.24. The van der Waals surface area contributed by atoms with E-state index in [0.29, 0.717) is 6.07 Å². The number of pyridine rings is 1. The van der Waals surface area contributed by atoms with E-state index in [-0.39, 0.29) is 5.69 Å². The van der Waals surface area contributed by atoms with E-state index in [0.717, 1.165) is 0 Å². The minimum atomic E-state index is -5.11. The van der Waals surface area contributed by atoms with Crippen LogP contribution in [-0.4, -0.2) is 16.3 Å². The normalized spacial score (nSPS) is 11.3. The third-order valence-corrected chi connectivity index (χ3v) is 1.69. The molecule has 0 aliphatic carbocycles. The van der Waals surface area contributed by atoms with Gasteiger partial charge in [-0.15, -0.1) is 13.2 Å². The number of nitro groups is 1. The van der Waals surface area contributed by atoms with Crippen molar-refractivity contribution in [1.29, 1.82) is 0 Å². The number of nitrogens with zero attached hydrogens (tertiary/aromatic N) is 1. The molecular weight excluding hydrogens is 247 g/mol. The van der Waals surface area contributed by atoms with E-state index in [1.165, 1.54) is 0 Å². The van der Waals surface area contributed by atoms with Crippen LogP contribution in [0.15, 0.2) is 10.9 Å². The molecule has 0 aliphatic heterocycles. The fraction of sp³-hybridized carbons (Fsp3) is 0.286. The van der Waals surface area contributed by atoms with E-state index in [9.17, 15) is 28.1 Å². The first-order valence-corrected chi connectivity index (χ1v) is 4.11. The molecule has 0 bridgehead atoms. The van der Waals surface area contributed by atoms with E-state index in [2.05, 4.69) is 4.74 Å². The van der Waals surface area contributed by atoms with Crippen LogP contribution in [-0.2, 0) is 6.54 Å². The quantitative estimate of drug-likeness (QED) is 0.606. The number of H-pyrrole nitrogens is 1. The molecule has 0 unspecified atom stereocenters. The van der Waals surface area contributed by atoms with Gasteiger partial charge in [-0.3, -0.25) is 14.9 Å². The van der Waals surface area contributed by atoms with Gasteiger partial charge in [0.15, 0.2) is 0 Å². The minimum Gasteiger partial charge on any atom is -0.400 e. The molecule has 94 valence electrons. The van der Waals surface area contributed by atoms with Gasteiger partial charge < -0.3 is 15.5 Å². The Labute approximate surface area is 91.1 Å². The summed E-state index contributed by atoms with van der Waals surface area (Å²) in [5, 5.41) is 10.5. The number of nitrogens with two attached hydrogens (primary N) is 1. The van der Waals surface area contributed by atoms with Gasteiger partial charge in [0, 0.05) is 6.54 Å². The summed E-state index contributed by atoms with van der Waals surface area (Å²) in [5.41, 5.74) is 2.83. The predicted molar refractivity (Wildman–Crippen MR) is 48.3 cm³/mol. The fourth-order valence-corrected chi connectivity index (χ4v) is 1.06. The van der Waals surface area contributed by atoms with E-state index in [4.69, 9.17) is 5.73 Å². The van der Waals surface area contributed by atoms with Crippen molar-refractivity contribution in [3.05, 3.63) is 32.2 Å². The maximum atomic E-state index is 11.9. The Bertz CT molecular complexity index is 496. The van der Waals surface area contributed by atoms with Crippen LogP contribution in [0.5, 0.6) is 5.75 Å². The van der Waals surface area contributed by atoms with Crippen LogP contribution in [0, 0.1) is 10.1 Å². The predicted octanol–water partition coefficient (Wildman–Crippen LogP) is 0.640. The fourth-order valence-electron chi connectivity index (χ4n) is 1.06. The average molecular weight is 253 g/mol. The summed E-state index contributed by atoms with van der Waals surface area (Å²) >= 11 is 0. The Kier molecular flexibility index (Phi) is 3.36. The molecule has 0 radical (unpaired) electrons. The number of alkyl halides is 3. The van der Waals surface area contributed by atoms with Crippen LogP contribution in [0.4, 0.5) is 18.9 Å². The summed E-state index contributed by atoms with van der Waals surface area (Å²) < 4.78 is 38.9. The largest absolute Gasteiger partial charge is 0.573 e. The zero-order chi connectivity index (χ0) is 13.2. The number of hydrogen-bond acceptors (Lipinski definition) is 5. The lowest BCUT2D eigenvalue weighted by atomic mass is 10.3. The Morgan fingerprint density at radius 1 is 1.53 bits per heavy atom. The summed E-state index contributed by atoms with van der Waals surface area (Å²) in [7, 11) is 0. The lowest BCUT2D eigenvalue weighted by molar-refractivity contribution is -0.386. The van der Waals surface area contributed by atoms with Gasteiger partial charge in [-0.05, 0) is 0 Å². The smallest absolute Gasteiger partial charge is 0.400 e. The Balaban J connectivity index is 3.30. The maximum Gasteiger partial charge on any atom is 0.573 e. The van der Waals surface area contributed by atoms with E-state index < -0.39 is 34.8 Å². The molecule has 0 atom stereocenters. The standard InChI is InChI=1S/C7H6F3N3O4/c8-7(9,10)17-5-1-4(13(15)16)3(2-11)12-6(5)14/h1H,2,11H2,(H,12,14). The van der Waals surface area contributed by atoms with Crippen LogP contribution >= 0.6 is 0 Å². The molecule has 0 fully saturated rings. The molecule has 0 spiro atoms. The second-order valence-corrected chi connectivity index (χ2v) is 2.84. The van der Waals surface area contributed by atoms with E-state index >= 15 is 0 Å². The Morgan fingerprint density at radius 2 is 2.12 bits per heavy atom. The van der Waals surface area contributed by atoms with Crippen LogP contribution in [0.2, 0.25) is 0 Å². The molecule has 0 saturated carbocycles. The SMILES string of the molecule is NCc1[nH]c(=O)c(OC(F)(F)F)cc1[N+](=O)[O-]. The molecule has 0 aromatic carbocycles. The summed E-state index contributed by atoms with van der Waals surface area (Å²) in [6, 6.07) is 0.383. The molecule has 0 aliphatic rings. The molecule has 3 N–H and O–H groups in total. The maximum absolute atomic E-state index is 11.9. The van der Waals surface area contributed by atoms with Crippen molar-refractivity contribution >= 4 is 5.69 Å². The van der Waals surface area contributed by atoms with Crippen molar-refractivity contribution in [1.82, 2.24) is 4.98 Å². The Hall–Kier alpha value is -2.10. The zero-order valence-corrected chi connectivity index (χ0v) is 8.08. The van der Waals surface area contributed by atoms with Crippen LogP contribution in [0.1, 0.15) is 5.69 Å². The van der Waals surface area contributed by atoms with Crippen LogP contribution in [0.25, 0.3) is 0 Å². The Morgan fingerprint density at radius 3 is 2.53 bits per heavy atom. The summed E-state index contributed by atoms with van der Waals surface area (Å²) in [6.07, 6.45) is -5.11. The van der Waals surface area contributed by atoms with Crippen molar-refractivity contribution in [3.63, 3.8) is 0 Å². The second-order valence-electron chi connectivity index (χ2n) is 2.84. The third-order valence-electron chi connectivity index (χ3n) is 1.69. The number of halogens is 3. The highest BCUT2D eigenvalue weighted by molar-refractivity contribution is 5.40. The van der Waals surface area contributed by atoms with Gasteiger partial charge in [-0.2, -0.15) is 0 Å². The average Bonchev–Trinajstić information content (AvgIpc) is 2.18. The van der Waals surface area contributed by atoms with Crippen LogP contribution in [0.3, 0.4) is 0 Å². The van der Waals surface area contributed by atoms with Crippen molar-refractivity contribution in [2.75, 3.05) is 0 Å². The highest BCUT2D eigenvalue weighted by Gasteiger charge is 2.33. The van der Waals surface area contributed by atoms with E-state index in [1.807, 2.05) is 4.98 Å².